The van der Waals surface area contributed by atoms with Gasteiger partial charge in [-0.05, 0) is 75.1 Å². The van der Waals surface area contributed by atoms with Crippen LogP contribution in [-0.4, -0.2) is 32.0 Å². The van der Waals surface area contributed by atoms with E-state index in [0.29, 0.717) is 18.4 Å². The van der Waals surface area contributed by atoms with E-state index in [9.17, 15) is 0 Å². The molecule has 160 valence electrons. The first kappa shape index (κ1) is 19.9. The average molecular weight is 410 g/mol. The van der Waals surface area contributed by atoms with Gasteiger partial charge in [0.15, 0.2) is 11.5 Å². The highest BCUT2D eigenvalue weighted by Crippen LogP contribution is 2.62. The lowest BCUT2D eigenvalue weighted by Gasteiger charge is -2.49. The Balaban J connectivity index is 1.40. The molecule has 2 aromatic carbocycles. The van der Waals surface area contributed by atoms with E-state index in [0.717, 1.165) is 50.1 Å². The van der Waals surface area contributed by atoms with Crippen molar-refractivity contribution in [1.29, 1.82) is 0 Å². The summed E-state index contributed by atoms with van der Waals surface area (Å²) < 4.78 is 27.2. The predicted octanol–water partition coefficient (Wildman–Crippen LogP) is 5.00. The zero-order valence-corrected chi connectivity index (χ0v) is 18.0. The van der Waals surface area contributed by atoms with Crippen LogP contribution in [0.5, 0.6) is 11.5 Å². The van der Waals surface area contributed by atoms with Gasteiger partial charge >= 0.3 is 0 Å². The second-order valence-electron chi connectivity index (χ2n) is 9.33. The zero-order chi connectivity index (χ0) is 20.7. The number of ether oxygens (including phenoxy) is 2. The van der Waals surface area contributed by atoms with Crippen LogP contribution in [0.25, 0.3) is 0 Å². The van der Waals surface area contributed by atoms with E-state index < -0.39 is 6.17 Å². The first-order chi connectivity index (χ1) is 14.6. The van der Waals surface area contributed by atoms with Gasteiger partial charge in [-0.3, -0.25) is 0 Å². The maximum absolute atomic E-state index is 15.2. The number of aryl methyl sites for hydroxylation is 1. The third kappa shape index (κ3) is 3.11. The Morgan fingerprint density at radius 2 is 2.00 bits per heavy atom. The van der Waals surface area contributed by atoms with E-state index in [1.807, 2.05) is 6.07 Å². The van der Waals surface area contributed by atoms with Crippen molar-refractivity contribution < 1.29 is 13.9 Å². The fraction of sp³-hybridized carbons (Fsp3) is 0.538. The summed E-state index contributed by atoms with van der Waals surface area (Å²) in [6.45, 7) is 3.10. The van der Waals surface area contributed by atoms with Crippen molar-refractivity contribution in [2.75, 3.05) is 13.7 Å². The minimum absolute atomic E-state index is 0.228. The monoisotopic (exact) mass is 409 g/mol. The molecule has 0 spiro atoms. The van der Waals surface area contributed by atoms with Crippen molar-refractivity contribution in [2.45, 2.75) is 69.2 Å². The summed E-state index contributed by atoms with van der Waals surface area (Å²) >= 11 is 0. The highest BCUT2D eigenvalue weighted by molar-refractivity contribution is 5.60. The second-order valence-corrected chi connectivity index (χ2v) is 9.33. The molecule has 5 atom stereocenters. The molecule has 30 heavy (non-hydrogen) atoms. The number of benzene rings is 2. The first-order valence-electron chi connectivity index (χ1n) is 11.4. The summed E-state index contributed by atoms with van der Waals surface area (Å²) in [6, 6.07) is 15.1. The van der Waals surface area contributed by atoms with E-state index in [1.165, 1.54) is 16.7 Å². The molecule has 0 radical (unpaired) electrons. The van der Waals surface area contributed by atoms with Crippen LogP contribution in [-0.2, 0) is 18.3 Å². The van der Waals surface area contributed by atoms with Gasteiger partial charge in [0.1, 0.15) is 12.3 Å². The molecule has 1 aliphatic heterocycles. The summed E-state index contributed by atoms with van der Waals surface area (Å²) in [4.78, 5) is 0. The van der Waals surface area contributed by atoms with Crippen molar-refractivity contribution in [3.8, 4) is 11.5 Å². The minimum atomic E-state index is -0.911. The number of hydrogen-bond donors (Lipinski definition) is 1. The Bertz CT molecular complexity index is 901. The lowest BCUT2D eigenvalue weighted by molar-refractivity contribution is -0.0222. The van der Waals surface area contributed by atoms with Crippen molar-refractivity contribution in [2.24, 2.45) is 5.92 Å². The minimum Gasteiger partial charge on any atom is -0.493 e. The Morgan fingerprint density at radius 1 is 1.17 bits per heavy atom. The normalized spacial score (nSPS) is 29.8. The van der Waals surface area contributed by atoms with Crippen molar-refractivity contribution in [3.05, 3.63) is 59.2 Å². The van der Waals surface area contributed by atoms with E-state index >= 15 is 4.39 Å². The molecule has 5 rings (SSSR count). The van der Waals surface area contributed by atoms with Gasteiger partial charge in [0, 0.05) is 17.0 Å². The van der Waals surface area contributed by atoms with Crippen LogP contribution < -0.4 is 14.8 Å². The summed E-state index contributed by atoms with van der Waals surface area (Å²) in [5, 5.41) is 3.71. The maximum atomic E-state index is 15.2. The highest BCUT2D eigenvalue weighted by atomic mass is 19.1. The van der Waals surface area contributed by atoms with E-state index in [2.05, 4.69) is 48.6 Å². The summed E-state index contributed by atoms with van der Waals surface area (Å²) in [7, 11) is 1.68. The van der Waals surface area contributed by atoms with Crippen LogP contribution in [0.1, 0.15) is 49.3 Å². The van der Waals surface area contributed by atoms with Crippen molar-refractivity contribution >= 4 is 0 Å². The van der Waals surface area contributed by atoms with Crippen LogP contribution in [0.4, 0.5) is 4.39 Å². The molecule has 4 heteroatoms. The smallest absolute Gasteiger partial charge is 0.165 e. The summed E-state index contributed by atoms with van der Waals surface area (Å²) in [5.41, 5.74) is 3.70. The van der Waals surface area contributed by atoms with Crippen LogP contribution in [0.3, 0.4) is 0 Å². The molecule has 1 fully saturated rings. The Labute approximate surface area is 179 Å². The van der Waals surface area contributed by atoms with Gasteiger partial charge in [0.05, 0.1) is 7.11 Å². The number of halogens is 1. The quantitative estimate of drug-likeness (QED) is 0.698. The standard InChI is InChI=1S/C26H32FNO2/c1-17(16-18-6-4-3-5-7-18)28-15-14-26-20-10-8-19-9-13-22(29-2)24(23(19)26)30-25(26)21(27)12-11-20/h3-7,9,13,17,20-21,25,28H,8,10-12,14-16H2,1-2H3/t17?,20?,21?,25-,26-/m1/s1. The molecule has 2 aliphatic carbocycles. The lowest BCUT2D eigenvalue weighted by Crippen LogP contribution is -2.56. The van der Waals surface area contributed by atoms with Crippen LogP contribution in [0.15, 0.2) is 42.5 Å². The molecule has 1 saturated carbocycles. The molecular formula is C26H32FNO2. The Kier molecular flexibility index (Phi) is 5.22. The largest absolute Gasteiger partial charge is 0.493 e. The van der Waals surface area contributed by atoms with Crippen LogP contribution in [0.2, 0.25) is 0 Å². The van der Waals surface area contributed by atoms with Gasteiger partial charge in [0.25, 0.3) is 0 Å². The molecule has 3 nitrogen and oxygen atoms in total. The Morgan fingerprint density at radius 3 is 2.80 bits per heavy atom. The van der Waals surface area contributed by atoms with Crippen LogP contribution in [0, 0.1) is 5.92 Å². The maximum Gasteiger partial charge on any atom is 0.165 e. The molecule has 1 heterocycles. The third-order valence-electron chi connectivity index (χ3n) is 7.67. The molecular weight excluding hydrogens is 377 g/mol. The zero-order valence-electron chi connectivity index (χ0n) is 18.0. The fourth-order valence-electron chi connectivity index (χ4n) is 6.35. The van der Waals surface area contributed by atoms with Gasteiger partial charge in [-0.2, -0.15) is 0 Å². The van der Waals surface area contributed by atoms with Gasteiger partial charge in [-0.25, -0.2) is 4.39 Å². The molecule has 0 amide bonds. The van der Waals surface area contributed by atoms with Gasteiger partial charge < -0.3 is 14.8 Å². The van der Waals surface area contributed by atoms with Crippen molar-refractivity contribution in [1.82, 2.24) is 5.32 Å². The SMILES string of the molecule is COc1ccc2c3c1O[C@@H]1C(F)CCC(CC2)[C@]31CCNC(C)Cc1ccccc1. The molecule has 0 aromatic heterocycles. The lowest BCUT2D eigenvalue weighted by atomic mass is 9.55. The topological polar surface area (TPSA) is 30.5 Å². The fourth-order valence-corrected chi connectivity index (χ4v) is 6.35. The van der Waals surface area contributed by atoms with Crippen LogP contribution >= 0.6 is 0 Å². The summed E-state index contributed by atoms with van der Waals surface area (Å²) in [5.74, 6) is 2.05. The third-order valence-corrected chi connectivity index (χ3v) is 7.67. The molecule has 3 unspecified atom stereocenters. The van der Waals surface area contributed by atoms with E-state index in [-0.39, 0.29) is 11.5 Å². The molecule has 0 bridgehead atoms. The first-order valence-corrected chi connectivity index (χ1v) is 11.4. The Hall–Kier alpha value is -2.07. The molecule has 1 N–H and O–H groups in total. The van der Waals surface area contributed by atoms with E-state index in [1.54, 1.807) is 7.11 Å². The van der Waals surface area contributed by atoms with Gasteiger partial charge in [-0.1, -0.05) is 36.4 Å². The van der Waals surface area contributed by atoms with Gasteiger partial charge in [0.2, 0.25) is 0 Å². The highest BCUT2D eigenvalue weighted by Gasteiger charge is 2.61. The molecule has 3 aliphatic rings. The average Bonchev–Trinajstić information content (AvgIpc) is 3.12. The van der Waals surface area contributed by atoms with Crippen molar-refractivity contribution in [3.63, 3.8) is 0 Å². The van der Waals surface area contributed by atoms with E-state index in [4.69, 9.17) is 9.47 Å². The number of nitrogens with one attached hydrogen (secondary N) is 1. The second kappa shape index (κ2) is 7.88. The number of methoxy groups -OCH3 is 1. The predicted molar refractivity (Wildman–Crippen MR) is 117 cm³/mol. The molecule has 2 aromatic rings. The number of hydrogen-bond acceptors (Lipinski definition) is 3. The number of alkyl halides is 1. The summed E-state index contributed by atoms with van der Waals surface area (Å²) in [6.07, 6.45) is 4.37. The van der Waals surface area contributed by atoms with Gasteiger partial charge in [-0.15, -0.1) is 0 Å². The number of rotatable bonds is 7. The molecule has 0 saturated heterocycles.